The third kappa shape index (κ3) is 9.66. The molecule has 1 aromatic heterocycles. The van der Waals surface area contributed by atoms with Crippen LogP contribution in [-0.2, 0) is 47.8 Å². The van der Waals surface area contributed by atoms with Gasteiger partial charge in [0.05, 0.1) is 35.9 Å². The second kappa shape index (κ2) is 13.2. The average Bonchev–Trinajstić information content (AvgIpc) is 2.84. The highest BCUT2D eigenvalue weighted by atomic mass is 32.2. The minimum Gasteiger partial charge on any atom is -0.394 e. The van der Waals surface area contributed by atoms with Gasteiger partial charge in [-0.1, -0.05) is 6.07 Å². The number of ether oxygens (including phenoxy) is 1. The molecular weight excluding hydrogens is 590 g/mol. The molecule has 1 heterocycles. The van der Waals surface area contributed by atoms with Gasteiger partial charge in [0, 0.05) is 25.9 Å². The summed E-state index contributed by atoms with van der Waals surface area (Å²) in [5, 5.41) is 12.4. The third-order valence-corrected chi connectivity index (χ3v) is 7.77. The lowest BCUT2D eigenvalue weighted by molar-refractivity contribution is 0.0991. The van der Waals surface area contributed by atoms with Gasteiger partial charge < -0.3 is 15.2 Å². The highest BCUT2D eigenvalue weighted by molar-refractivity contribution is 7.88. The van der Waals surface area contributed by atoms with Gasteiger partial charge in [-0.2, -0.15) is 26.8 Å². The van der Waals surface area contributed by atoms with E-state index in [2.05, 4.69) is 25.0 Å². The van der Waals surface area contributed by atoms with E-state index in [0.717, 1.165) is 24.5 Å². The molecule has 0 amide bonds. The Labute approximate surface area is 231 Å². The summed E-state index contributed by atoms with van der Waals surface area (Å²) < 4.78 is 96.4. The predicted octanol–water partition coefficient (Wildman–Crippen LogP) is 0.0116. The van der Waals surface area contributed by atoms with Crippen LogP contribution in [0.2, 0.25) is 0 Å². The van der Waals surface area contributed by atoms with Crippen molar-refractivity contribution in [3.8, 4) is 0 Å². The molecule has 2 aromatic carbocycles. The molecule has 0 spiro atoms. The molecule has 0 aliphatic carbocycles. The number of benzene rings is 2. The number of aliphatic hydroxyl groups is 1. The fraction of sp³-hybridized carbons (Fsp3) is 0.409. The van der Waals surface area contributed by atoms with Crippen molar-refractivity contribution in [1.82, 2.24) is 19.7 Å². The molecule has 0 atom stereocenters. The number of nitrogens with zero attached hydrogens (tertiary/aromatic N) is 3. The molecule has 0 saturated carbocycles. The van der Waals surface area contributed by atoms with Crippen molar-refractivity contribution in [1.29, 1.82) is 0 Å². The van der Waals surface area contributed by atoms with E-state index in [1.807, 2.05) is 0 Å². The number of anilines is 1. The summed E-state index contributed by atoms with van der Waals surface area (Å²) in [4.78, 5) is 12.2. The van der Waals surface area contributed by atoms with Crippen LogP contribution < -0.4 is 10.0 Å². The van der Waals surface area contributed by atoms with Crippen molar-refractivity contribution < 1.29 is 44.2 Å². The number of hydrogen-bond acceptors (Lipinski definition) is 12. The molecule has 0 radical (unpaired) electrons. The lowest BCUT2D eigenvalue weighted by atomic mass is 10.0. The molecule has 0 saturated heterocycles. The summed E-state index contributed by atoms with van der Waals surface area (Å²) in [7, 11) is -12.6. The molecule has 3 aromatic rings. The van der Waals surface area contributed by atoms with Crippen LogP contribution >= 0.6 is 0 Å². The SMILES string of the molecule is CS(=O)(=O)NCCCc1nc(Cc2cc(S(=O)(=O)O)cc3cc(S(=O)(=O)O)ccc23)nc(NCCOCCO)n1. The number of rotatable bonds is 15. The summed E-state index contributed by atoms with van der Waals surface area (Å²) in [6.07, 6.45) is 1.63. The topological polar surface area (TPSA) is 235 Å². The van der Waals surface area contributed by atoms with Gasteiger partial charge in [0.2, 0.25) is 16.0 Å². The van der Waals surface area contributed by atoms with E-state index in [9.17, 15) is 34.4 Å². The van der Waals surface area contributed by atoms with Crippen LogP contribution in [0.25, 0.3) is 10.8 Å². The molecule has 40 heavy (non-hydrogen) atoms. The fourth-order valence-electron chi connectivity index (χ4n) is 3.67. The Kier molecular flexibility index (Phi) is 10.5. The summed E-state index contributed by atoms with van der Waals surface area (Å²) >= 11 is 0. The first-order valence-electron chi connectivity index (χ1n) is 11.8. The zero-order chi connectivity index (χ0) is 29.6. The van der Waals surface area contributed by atoms with E-state index in [4.69, 9.17) is 9.84 Å². The largest absolute Gasteiger partial charge is 0.394 e. The molecule has 0 fully saturated rings. The molecule has 0 unspecified atom stereocenters. The maximum Gasteiger partial charge on any atom is 0.294 e. The van der Waals surface area contributed by atoms with Crippen LogP contribution in [-0.4, -0.2) is 93.6 Å². The molecule has 5 N–H and O–H groups in total. The first-order valence-corrected chi connectivity index (χ1v) is 16.6. The monoisotopic (exact) mass is 619 g/mol. The van der Waals surface area contributed by atoms with Gasteiger partial charge in [0.15, 0.2) is 0 Å². The van der Waals surface area contributed by atoms with Gasteiger partial charge in [0.25, 0.3) is 20.2 Å². The highest BCUT2D eigenvalue weighted by Crippen LogP contribution is 2.28. The molecule has 15 nitrogen and oxygen atoms in total. The standard InChI is InChI=1S/C22H29N5O10S3/c1-38(29,30)24-6-2-3-20-25-21(27-22(26-20)23-7-9-37-10-8-28)14-16-13-18(40(34,35)36)12-15-11-17(39(31,32)33)4-5-19(15)16/h4-5,11-13,24,28H,2-3,6-10,14H2,1H3,(H,31,32,33)(H,34,35,36)(H,23,25,26,27). The van der Waals surface area contributed by atoms with Gasteiger partial charge in [0.1, 0.15) is 11.6 Å². The van der Waals surface area contributed by atoms with E-state index >= 15 is 0 Å². The molecule has 18 heteroatoms. The Hall–Kier alpha value is -2.84. The molecule has 0 aliphatic heterocycles. The smallest absolute Gasteiger partial charge is 0.294 e. The summed E-state index contributed by atoms with van der Waals surface area (Å²) in [5.74, 6) is 0.697. The van der Waals surface area contributed by atoms with Crippen molar-refractivity contribution in [3.05, 3.63) is 47.5 Å². The summed E-state index contributed by atoms with van der Waals surface area (Å²) in [6, 6.07) is 5.91. The van der Waals surface area contributed by atoms with E-state index in [1.165, 1.54) is 12.1 Å². The fourth-order valence-corrected chi connectivity index (χ4v) is 5.27. The zero-order valence-electron chi connectivity index (χ0n) is 21.3. The Balaban J connectivity index is 1.99. The lowest BCUT2D eigenvalue weighted by Gasteiger charge is -2.12. The van der Waals surface area contributed by atoms with Crippen molar-refractivity contribution >= 4 is 47.0 Å². The Morgan fingerprint density at radius 1 is 0.850 bits per heavy atom. The van der Waals surface area contributed by atoms with E-state index in [1.54, 1.807) is 0 Å². The number of hydrogen-bond donors (Lipinski definition) is 5. The molecule has 0 aliphatic rings. The van der Waals surface area contributed by atoms with Crippen LogP contribution in [0.15, 0.2) is 40.1 Å². The number of aromatic nitrogens is 3. The molecule has 3 rings (SSSR count). The number of nitrogens with one attached hydrogen (secondary N) is 2. The molecule has 0 bridgehead atoms. The van der Waals surface area contributed by atoms with Crippen LogP contribution in [0, 0.1) is 0 Å². The van der Waals surface area contributed by atoms with Gasteiger partial charge in [-0.05, 0) is 47.0 Å². The normalized spacial score (nSPS) is 12.6. The number of aliphatic hydroxyl groups excluding tert-OH is 1. The minimum absolute atomic E-state index is 0.0577. The van der Waals surface area contributed by atoms with Crippen molar-refractivity contribution in [3.63, 3.8) is 0 Å². The van der Waals surface area contributed by atoms with Crippen LogP contribution in [0.4, 0.5) is 5.95 Å². The maximum atomic E-state index is 11.9. The average molecular weight is 620 g/mol. The summed E-state index contributed by atoms with van der Waals surface area (Å²) in [6.45, 7) is 0.697. The quantitative estimate of drug-likeness (QED) is 0.111. The zero-order valence-corrected chi connectivity index (χ0v) is 23.8. The molecule has 220 valence electrons. The van der Waals surface area contributed by atoms with Gasteiger partial charge in [-0.15, -0.1) is 0 Å². The maximum absolute atomic E-state index is 11.9. The second-order valence-corrected chi connectivity index (χ2v) is 13.3. The van der Waals surface area contributed by atoms with Crippen LogP contribution in [0.1, 0.15) is 23.6 Å². The van der Waals surface area contributed by atoms with Crippen molar-refractivity contribution in [2.45, 2.75) is 29.1 Å². The Bertz CT molecular complexity index is 1680. The van der Waals surface area contributed by atoms with E-state index in [0.29, 0.717) is 23.2 Å². The first-order chi connectivity index (χ1) is 18.7. The van der Waals surface area contributed by atoms with Gasteiger partial charge in [-0.25, -0.2) is 18.1 Å². The van der Waals surface area contributed by atoms with Crippen LogP contribution in [0.5, 0.6) is 0 Å². The number of aryl methyl sites for hydroxylation is 1. The summed E-state index contributed by atoms with van der Waals surface area (Å²) in [5.41, 5.74) is 0.333. The van der Waals surface area contributed by atoms with Crippen molar-refractivity contribution in [2.75, 3.05) is 44.5 Å². The second-order valence-electron chi connectivity index (χ2n) is 8.62. The number of fused-ring (bicyclic) bond motifs is 1. The van der Waals surface area contributed by atoms with Crippen molar-refractivity contribution in [2.24, 2.45) is 0 Å². The number of sulfonamides is 1. The van der Waals surface area contributed by atoms with E-state index in [-0.39, 0.29) is 62.9 Å². The minimum atomic E-state index is -4.69. The Morgan fingerprint density at radius 3 is 2.17 bits per heavy atom. The lowest BCUT2D eigenvalue weighted by Crippen LogP contribution is -2.23. The molecular formula is C22H29N5O10S3. The van der Waals surface area contributed by atoms with Gasteiger partial charge >= 0.3 is 0 Å². The van der Waals surface area contributed by atoms with Crippen LogP contribution in [0.3, 0.4) is 0 Å². The third-order valence-electron chi connectivity index (χ3n) is 5.36. The van der Waals surface area contributed by atoms with Gasteiger partial charge in [-0.3, -0.25) is 9.11 Å². The first kappa shape index (κ1) is 31.7. The predicted molar refractivity (Wildman–Crippen MR) is 144 cm³/mol. The van der Waals surface area contributed by atoms with E-state index < -0.39 is 40.1 Å². The highest BCUT2D eigenvalue weighted by Gasteiger charge is 2.18. The Morgan fingerprint density at radius 2 is 1.52 bits per heavy atom.